The van der Waals surface area contributed by atoms with Crippen molar-refractivity contribution in [3.05, 3.63) is 70.7 Å². The van der Waals surface area contributed by atoms with Crippen LogP contribution in [0.5, 0.6) is 17.2 Å². The molecule has 2 aromatic carbocycles. The number of carbonyl (C=O) groups excluding carboxylic acids is 2. The van der Waals surface area contributed by atoms with Gasteiger partial charge in [0.15, 0.2) is 16.6 Å². The number of aliphatic hydroxyl groups excluding tert-OH is 1. The number of Topliss-reactive ketones (excluding diaryl/α,β-unsaturated/α-hetero) is 1. The molecule has 1 amide bonds. The zero-order chi connectivity index (χ0) is 26.4. The van der Waals surface area contributed by atoms with Gasteiger partial charge in [0.05, 0.1) is 31.9 Å². The van der Waals surface area contributed by atoms with E-state index in [0.29, 0.717) is 46.7 Å². The molecule has 1 saturated heterocycles. The number of aliphatic hydroxyl groups is 1. The highest BCUT2D eigenvalue weighted by atomic mass is 32.1. The normalized spacial score (nSPS) is 16.7. The molecule has 0 radical (unpaired) electrons. The van der Waals surface area contributed by atoms with Crippen LogP contribution in [-0.2, 0) is 9.59 Å². The van der Waals surface area contributed by atoms with Crippen molar-refractivity contribution in [3.63, 3.8) is 0 Å². The van der Waals surface area contributed by atoms with Crippen LogP contribution >= 0.6 is 11.3 Å². The summed E-state index contributed by atoms with van der Waals surface area (Å²) in [5.74, 6) is -0.250. The molecule has 0 spiro atoms. The summed E-state index contributed by atoms with van der Waals surface area (Å²) in [4.78, 5) is 32.2. The monoisotopic (exact) mass is 522 g/mol. The minimum absolute atomic E-state index is 0.0328. The maximum Gasteiger partial charge on any atom is 0.301 e. The topological polar surface area (TPSA) is 98.2 Å². The van der Waals surface area contributed by atoms with Crippen LogP contribution in [-0.4, -0.2) is 42.1 Å². The molecule has 1 atom stereocenters. The predicted molar refractivity (Wildman–Crippen MR) is 143 cm³/mol. The molecule has 1 N–H and O–H groups in total. The number of amides is 1. The van der Waals surface area contributed by atoms with Gasteiger partial charge in [-0.25, -0.2) is 4.98 Å². The van der Waals surface area contributed by atoms with Gasteiger partial charge in [0.2, 0.25) is 0 Å². The van der Waals surface area contributed by atoms with Crippen LogP contribution in [0.3, 0.4) is 0 Å². The number of thiazole rings is 1. The molecule has 1 unspecified atom stereocenters. The largest absolute Gasteiger partial charge is 0.507 e. The molecule has 1 aromatic heterocycles. The second-order valence-corrected chi connectivity index (χ2v) is 9.35. The number of carbonyl (C=O) groups is 2. The number of hydrogen-bond donors (Lipinski definition) is 1. The van der Waals surface area contributed by atoms with Crippen LogP contribution < -0.4 is 19.1 Å². The number of aromatic nitrogens is 1. The first-order chi connectivity index (χ1) is 18.0. The van der Waals surface area contributed by atoms with Crippen LogP contribution in [0, 0.1) is 0 Å². The first kappa shape index (κ1) is 26.2. The number of ketones is 1. The molecule has 37 heavy (non-hydrogen) atoms. The number of methoxy groups -OCH3 is 1. The Hall–Kier alpha value is -3.85. The lowest BCUT2D eigenvalue weighted by atomic mass is 9.95. The van der Waals surface area contributed by atoms with E-state index in [-0.39, 0.29) is 11.3 Å². The highest BCUT2D eigenvalue weighted by Gasteiger charge is 2.48. The number of unbranched alkanes of at least 4 members (excludes halogenated alkanes) is 1. The fraction of sp³-hybridized carbons (Fsp3) is 0.321. The maximum absolute atomic E-state index is 13.3. The third kappa shape index (κ3) is 5.46. The van der Waals surface area contributed by atoms with Gasteiger partial charge in [-0.15, -0.1) is 11.3 Å². The van der Waals surface area contributed by atoms with E-state index in [1.807, 2.05) is 6.92 Å². The van der Waals surface area contributed by atoms with Gasteiger partial charge < -0.3 is 19.3 Å². The molecule has 0 aliphatic carbocycles. The number of hydrogen-bond acceptors (Lipinski definition) is 8. The van der Waals surface area contributed by atoms with Gasteiger partial charge in [0.1, 0.15) is 11.5 Å². The second kappa shape index (κ2) is 11.9. The highest BCUT2D eigenvalue weighted by Crippen LogP contribution is 2.44. The smallest absolute Gasteiger partial charge is 0.301 e. The van der Waals surface area contributed by atoms with Gasteiger partial charge in [-0.3, -0.25) is 14.5 Å². The lowest BCUT2D eigenvalue weighted by molar-refractivity contribution is -0.132. The summed E-state index contributed by atoms with van der Waals surface area (Å²) in [5, 5.41) is 13.5. The third-order valence-electron chi connectivity index (χ3n) is 5.91. The van der Waals surface area contributed by atoms with Crippen molar-refractivity contribution in [1.29, 1.82) is 0 Å². The summed E-state index contributed by atoms with van der Waals surface area (Å²) in [6, 6.07) is 11.2. The van der Waals surface area contributed by atoms with Crippen molar-refractivity contribution in [1.82, 2.24) is 4.98 Å². The van der Waals surface area contributed by atoms with Crippen LogP contribution in [0.2, 0.25) is 0 Å². The Morgan fingerprint density at radius 3 is 2.59 bits per heavy atom. The van der Waals surface area contributed by atoms with Crippen LogP contribution in [0.15, 0.2) is 59.6 Å². The SMILES string of the molecule is CCCCOc1ccc(C2/C(=C(\O)c3cccc(OCCC)c3)C(=O)C(=O)N2c2nccs2)cc1OC. The quantitative estimate of drug-likeness (QED) is 0.148. The minimum atomic E-state index is -0.912. The Bertz CT molecular complexity index is 1290. The van der Waals surface area contributed by atoms with E-state index in [4.69, 9.17) is 14.2 Å². The number of benzene rings is 2. The zero-order valence-corrected chi connectivity index (χ0v) is 21.9. The first-order valence-corrected chi connectivity index (χ1v) is 13.1. The number of rotatable bonds is 11. The average molecular weight is 523 g/mol. The Morgan fingerprint density at radius 2 is 1.89 bits per heavy atom. The number of anilines is 1. The fourth-order valence-corrected chi connectivity index (χ4v) is 4.76. The lowest BCUT2D eigenvalue weighted by Crippen LogP contribution is -2.29. The van der Waals surface area contributed by atoms with Gasteiger partial charge in [-0.2, -0.15) is 0 Å². The van der Waals surface area contributed by atoms with Crippen molar-refractivity contribution in [2.24, 2.45) is 0 Å². The zero-order valence-electron chi connectivity index (χ0n) is 21.1. The standard InChI is InChI=1S/C28H30N2O6S/c1-4-6-14-36-21-11-10-18(17-22(21)34-3)24-23(26(32)27(33)30(24)28-29-12-15-37-28)25(31)19-8-7-9-20(16-19)35-13-5-2/h7-12,15-17,24,31H,4-6,13-14H2,1-3H3/b25-23+. The number of ether oxygens (including phenoxy) is 3. The molecule has 4 rings (SSSR count). The number of nitrogens with zero attached hydrogens (tertiary/aromatic N) is 2. The molecule has 8 nitrogen and oxygen atoms in total. The van der Waals surface area contributed by atoms with Gasteiger partial charge in [0, 0.05) is 17.1 Å². The van der Waals surface area contributed by atoms with Gasteiger partial charge in [0.25, 0.3) is 5.78 Å². The Labute approximate surface area is 220 Å². The maximum atomic E-state index is 13.3. The van der Waals surface area contributed by atoms with Crippen molar-refractivity contribution < 1.29 is 28.9 Å². The molecule has 9 heteroatoms. The van der Waals surface area contributed by atoms with Crippen LogP contribution in [0.1, 0.15) is 50.3 Å². The summed E-state index contributed by atoms with van der Waals surface area (Å²) in [6.07, 6.45) is 4.29. The summed E-state index contributed by atoms with van der Waals surface area (Å²) >= 11 is 1.23. The van der Waals surface area contributed by atoms with Gasteiger partial charge in [-0.1, -0.05) is 38.5 Å². The molecule has 0 bridgehead atoms. The Balaban J connectivity index is 1.83. The van der Waals surface area contributed by atoms with E-state index >= 15 is 0 Å². The molecule has 1 fully saturated rings. The van der Waals surface area contributed by atoms with Gasteiger partial charge >= 0.3 is 5.91 Å². The van der Waals surface area contributed by atoms with E-state index in [1.54, 1.807) is 54.0 Å². The average Bonchev–Trinajstić information content (AvgIpc) is 3.54. The molecule has 194 valence electrons. The van der Waals surface area contributed by atoms with Crippen LogP contribution in [0.25, 0.3) is 5.76 Å². The van der Waals surface area contributed by atoms with Crippen molar-refractivity contribution in [2.45, 2.75) is 39.2 Å². The molecule has 2 heterocycles. The fourth-order valence-electron chi connectivity index (χ4n) is 4.09. The Morgan fingerprint density at radius 1 is 1.05 bits per heavy atom. The molecular weight excluding hydrogens is 492 g/mol. The van der Waals surface area contributed by atoms with Crippen molar-refractivity contribution in [3.8, 4) is 17.2 Å². The summed E-state index contributed by atoms with van der Waals surface area (Å²) < 4.78 is 17.1. The van der Waals surface area contributed by atoms with E-state index < -0.39 is 17.7 Å². The summed E-state index contributed by atoms with van der Waals surface area (Å²) in [7, 11) is 1.53. The highest BCUT2D eigenvalue weighted by molar-refractivity contribution is 7.14. The third-order valence-corrected chi connectivity index (χ3v) is 6.68. The van der Waals surface area contributed by atoms with E-state index in [0.717, 1.165) is 19.3 Å². The molecule has 0 saturated carbocycles. The Kier molecular flexibility index (Phi) is 8.45. The molecule has 1 aliphatic rings. The molecule has 1 aliphatic heterocycles. The van der Waals surface area contributed by atoms with E-state index in [9.17, 15) is 14.7 Å². The second-order valence-electron chi connectivity index (χ2n) is 8.47. The van der Waals surface area contributed by atoms with Gasteiger partial charge in [-0.05, 0) is 42.7 Å². The van der Waals surface area contributed by atoms with E-state index in [2.05, 4.69) is 11.9 Å². The van der Waals surface area contributed by atoms with E-state index in [1.165, 1.54) is 23.3 Å². The lowest BCUT2D eigenvalue weighted by Gasteiger charge is -2.24. The molecule has 3 aromatic rings. The summed E-state index contributed by atoms with van der Waals surface area (Å²) in [5.41, 5.74) is 0.922. The van der Waals surface area contributed by atoms with Crippen molar-refractivity contribution >= 4 is 33.9 Å². The summed E-state index contributed by atoms with van der Waals surface area (Å²) in [6.45, 7) is 5.14. The predicted octanol–water partition coefficient (Wildman–Crippen LogP) is 5.75. The van der Waals surface area contributed by atoms with Crippen LogP contribution in [0.4, 0.5) is 5.13 Å². The minimum Gasteiger partial charge on any atom is -0.507 e. The first-order valence-electron chi connectivity index (χ1n) is 12.2. The molecular formula is C28H30N2O6S. The van der Waals surface area contributed by atoms with Crippen molar-refractivity contribution in [2.75, 3.05) is 25.2 Å².